The SMILES string of the molecule is c1ccc(CN2CCO[C@H]3CN(CC4CCCNC4)C[C@H]32)cc1. The number of nitrogens with one attached hydrogen (secondary N) is 1. The molecule has 3 fully saturated rings. The third-order valence-corrected chi connectivity index (χ3v) is 5.64. The molecule has 3 aliphatic rings. The molecule has 0 saturated carbocycles. The number of likely N-dealkylation sites (tertiary alicyclic amines) is 1. The van der Waals surface area contributed by atoms with Crippen LogP contribution in [0.4, 0.5) is 0 Å². The second-order valence-electron chi connectivity index (χ2n) is 7.36. The molecule has 1 unspecified atom stereocenters. The van der Waals surface area contributed by atoms with Crippen molar-refractivity contribution < 1.29 is 4.74 Å². The first-order valence-corrected chi connectivity index (χ1v) is 9.21. The van der Waals surface area contributed by atoms with Gasteiger partial charge in [-0.25, -0.2) is 0 Å². The van der Waals surface area contributed by atoms with Crippen molar-refractivity contribution >= 4 is 0 Å². The molecule has 3 saturated heterocycles. The van der Waals surface area contributed by atoms with E-state index in [0.29, 0.717) is 12.1 Å². The predicted octanol–water partition coefficient (Wildman–Crippen LogP) is 1.57. The van der Waals surface area contributed by atoms with Crippen LogP contribution in [0.2, 0.25) is 0 Å². The first-order chi connectivity index (χ1) is 11.4. The minimum atomic E-state index is 0.406. The molecule has 0 bridgehead atoms. The lowest BCUT2D eigenvalue weighted by atomic mass is 9.99. The Hall–Kier alpha value is -0.940. The summed E-state index contributed by atoms with van der Waals surface area (Å²) in [5.74, 6) is 0.825. The Balaban J connectivity index is 1.36. The van der Waals surface area contributed by atoms with Crippen LogP contribution < -0.4 is 5.32 Å². The second-order valence-corrected chi connectivity index (χ2v) is 7.36. The Morgan fingerprint density at radius 3 is 2.91 bits per heavy atom. The first kappa shape index (κ1) is 15.6. The maximum atomic E-state index is 6.09. The van der Waals surface area contributed by atoms with E-state index in [1.165, 1.54) is 44.6 Å². The van der Waals surface area contributed by atoms with E-state index in [9.17, 15) is 0 Å². The van der Waals surface area contributed by atoms with E-state index in [2.05, 4.69) is 45.4 Å². The van der Waals surface area contributed by atoms with Crippen LogP contribution in [0.25, 0.3) is 0 Å². The summed E-state index contributed by atoms with van der Waals surface area (Å²) >= 11 is 0. The number of nitrogens with zero attached hydrogens (tertiary/aromatic N) is 2. The fourth-order valence-corrected chi connectivity index (χ4v) is 4.44. The van der Waals surface area contributed by atoms with Crippen LogP contribution >= 0.6 is 0 Å². The van der Waals surface area contributed by atoms with Crippen molar-refractivity contribution in [2.45, 2.75) is 31.5 Å². The van der Waals surface area contributed by atoms with E-state index in [-0.39, 0.29) is 0 Å². The number of hydrogen-bond donors (Lipinski definition) is 1. The van der Waals surface area contributed by atoms with Crippen LogP contribution in [0.5, 0.6) is 0 Å². The predicted molar refractivity (Wildman–Crippen MR) is 92.4 cm³/mol. The maximum Gasteiger partial charge on any atom is 0.0870 e. The average Bonchev–Trinajstić information content (AvgIpc) is 3.00. The Morgan fingerprint density at radius 1 is 1.17 bits per heavy atom. The molecule has 1 aromatic rings. The van der Waals surface area contributed by atoms with Gasteiger partial charge in [0.25, 0.3) is 0 Å². The summed E-state index contributed by atoms with van der Waals surface area (Å²) in [4.78, 5) is 5.29. The molecule has 0 radical (unpaired) electrons. The molecule has 4 heteroatoms. The van der Waals surface area contributed by atoms with Gasteiger partial charge in [-0.1, -0.05) is 30.3 Å². The van der Waals surface area contributed by atoms with Gasteiger partial charge in [-0.3, -0.25) is 9.80 Å². The van der Waals surface area contributed by atoms with Crippen LogP contribution in [0, 0.1) is 5.92 Å². The van der Waals surface area contributed by atoms with Gasteiger partial charge in [0.1, 0.15) is 0 Å². The van der Waals surface area contributed by atoms with Crippen molar-refractivity contribution in [3.05, 3.63) is 35.9 Å². The fraction of sp³-hybridized carbons (Fsp3) is 0.684. The highest BCUT2D eigenvalue weighted by Gasteiger charge is 2.40. The van der Waals surface area contributed by atoms with E-state index >= 15 is 0 Å². The van der Waals surface area contributed by atoms with Crippen molar-refractivity contribution in [2.24, 2.45) is 5.92 Å². The summed E-state index contributed by atoms with van der Waals surface area (Å²) < 4.78 is 6.09. The molecule has 4 rings (SSSR count). The number of benzene rings is 1. The number of hydrogen-bond acceptors (Lipinski definition) is 4. The molecular formula is C19H29N3O. The molecule has 0 aromatic heterocycles. The molecule has 0 spiro atoms. The number of piperidine rings is 1. The zero-order chi connectivity index (χ0) is 15.5. The smallest absolute Gasteiger partial charge is 0.0870 e. The Labute approximate surface area is 139 Å². The molecule has 3 aliphatic heterocycles. The minimum absolute atomic E-state index is 0.406. The fourth-order valence-electron chi connectivity index (χ4n) is 4.44. The van der Waals surface area contributed by atoms with Gasteiger partial charge in [0.05, 0.1) is 18.8 Å². The molecular weight excluding hydrogens is 286 g/mol. The van der Waals surface area contributed by atoms with E-state index in [0.717, 1.165) is 32.2 Å². The van der Waals surface area contributed by atoms with Crippen molar-refractivity contribution in [2.75, 3.05) is 45.9 Å². The molecule has 126 valence electrons. The third-order valence-electron chi connectivity index (χ3n) is 5.64. The molecule has 1 aromatic carbocycles. The normalized spacial score (nSPS) is 32.8. The summed E-state index contributed by atoms with van der Waals surface area (Å²) in [6.45, 7) is 8.94. The van der Waals surface area contributed by atoms with E-state index in [1.54, 1.807) is 0 Å². The van der Waals surface area contributed by atoms with E-state index < -0.39 is 0 Å². The summed E-state index contributed by atoms with van der Waals surface area (Å²) in [5, 5.41) is 3.54. The maximum absolute atomic E-state index is 6.09. The zero-order valence-corrected chi connectivity index (χ0v) is 14.0. The number of fused-ring (bicyclic) bond motifs is 1. The standard InChI is InChI=1S/C19H29N3O/c1-2-5-16(6-3-1)13-22-9-10-23-19-15-21(14-18(19)22)12-17-7-4-8-20-11-17/h1-3,5-6,17-20H,4,7-15H2/t17?,18-,19+/m1/s1. The highest BCUT2D eigenvalue weighted by Crippen LogP contribution is 2.26. The lowest BCUT2D eigenvalue weighted by Crippen LogP contribution is -2.50. The lowest BCUT2D eigenvalue weighted by molar-refractivity contribution is -0.0504. The van der Waals surface area contributed by atoms with E-state index in [4.69, 9.17) is 4.74 Å². The van der Waals surface area contributed by atoms with Gasteiger partial charge in [0, 0.05) is 32.7 Å². The molecule has 1 N–H and O–H groups in total. The Bertz CT molecular complexity index is 489. The van der Waals surface area contributed by atoms with Gasteiger partial charge in [0.15, 0.2) is 0 Å². The third kappa shape index (κ3) is 3.77. The van der Waals surface area contributed by atoms with Crippen molar-refractivity contribution in [3.63, 3.8) is 0 Å². The van der Waals surface area contributed by atoms with Crippen LogP contribution in [0.15, 0.2) is 30.3 Å². The van der Waals surface area contributed by atoms with Gasteiger partial charge in [-0.2, -0.15) is 0 Å². The van der Waals surface area contributed by atoms with Gasteiger partial charge >= 0.3 is 0 Å². The Morgan fingerprint density at radius 2 is 2.09 bits per heavy atom. The molecule has 3 atom stereocenters. The Kier molecular flexibility index (Phi) is 4.95. The topological polar surface area (TPSA) is 27.7 Å². The number of morpholine rings is 1. The monoisotopic (exact) mass is 315 g/mol. The minimum Gasteiger partial charge on any atom is -0.374 e. The highest BCUT2D eigenvalue weighted by molar-refractivity contribution is 5.15. The van der Waals surface area contributed by atoms with Gasteiger partial charge < -0.3 is 10.1 Å². The molecule has 3 heterocycles. The quantitative estimate of drug-likeness (QED) is 0.913. The highest BCUT2D eigenvalue weighted by atomic mass is 16.5. The van der Waals surface area contributed by atoms with Crippen LogP contribution in [-0.2, 0) is 11.3 Å². The molecule has 0 amide bonds. The summed E-state index contributed by atoms with van der Waals surface area (Å²) in [7, 11) is 0. The van der Waals surface area contributed by atoms with Crippen LogP contribution in [-0.4, -0.2) is 67.8 Å². The summed E-state index contributed by atoms with van der Waals surface area (Å²) in [5.41, 5.74) is 1.42. The molecule has 23 heavy (non-hydrogen) atoms. The summed E-state index contributed by atoms with van der Waals surface area (Å²) in [6, 6.07) is 11.4. The number of ether oxygens (including phenoxy) is 1. The van der Waals surface area contributed by atoms with Crippen LogP contribution in [0.3, 0.4) is 0 Å². The zero-order valence-electron chi connectivity index (χ0n) is 14.0. The van der Waals surface area contributed by atoms with E-state index in [1.807, 2.05) is 0 Å². The largest absolute Gasteiger partial charge is 0.374 e. The van der Waals surface area contributed by atoms with Crippen molar-refractivity contribution in [1.82, 2.24) is 15.1 Å². The van der Waals surface area contributed by atoms with Crippen molar-refractivity contribution in [1.29, 1.82) is 0 Å². The van der Waals surface area contributed by atoms with Gasteiger partial charge in [0.2, 0.25) is 0 Å². The second kappa shape index (κ2) is 7.31. The lowest BCUT2D eigenvalue weighted by Gasteiger charge is -2.37. The van der Waals surface area contributed by atoms with Gasteiger partial charge in [-0.15, -0.1) is 0 Å². The van der Waals surface area contributed by atoms with Crippen LogP contribution in [0.1, 0.15) is 18.4 Å². The molecule has 4 nitrogen and oxygen atoms in total. The molecule has 0 aliphatic carbocycles. The first-order valence-electron chi connectivity index (χ1n) is 9.21. The summed E-state index contributed by atoms with van der Waals surface area (Å²) in [6.07, 6.45) is 3.12. The van der Waals surface area contributed by atoms with Gasteiger partial charge in [-0.05, 0) is 37.4 Å². The average molecular weight is 315 g/mol. The van der Waals surface area contributed by atoms with Crippen molar-refractivity contribution in [3.8, 4) is 0 Å². The number of rotatable bonds is 4.